The van der Waals surface area contributed by atoms with Gasteiger partial charge in [0.25, 0.3) is 0 Å². The lowest BCUT2D eigenvalue weighted by atomic mass is 10.4. The van der Waals surface area contributed by atoms with Gasteiger partial charge in [0.05, 0.1) is 0 Å². The predicted octanol–water partition coefficient (Wildman–Crippen LogP) is 0.154. The number of carbonyl (C=O) groups excluding carboxylic acids is 1. The van der Waals surface area contributed by atoms with Crippen LogP contribution in [0.2, 0.25) is 0 Å². The zero-order chi connectivity index (χ0) is 9.10. The molecule has 2 aliphatic rings. The van der Waals surface area contributed by atoms with Crippen molar-refractivity contribution in [1.82, 2.24) is 15.5 Å². The lowest BCUT2D eigenvalue weighted by Gasteiger charge is -2.13. The van der Waals surface area contributed by atoms with Gasteiger partial charge in [0, 0.05) is 25.7 Å². The molecule has 1 aliphatic carbocycles. The van der Waals surface area contributed by atoms with Gasteiger partial charge in [-0.25, -0.2) is 4.79 Å². The van der Waals surface area contributed by atoms with Crippen molar-refractivity contribution in [3.63, 3.8) is 0 Å². The predicted molar refractivity (Wildman–Crippen MR) is 50.6 cm³/mol. The highest BCUT2D eigenvalue weighted by atomic mass is 16.2. The van der Waals surface area contributed by atoms with Gasteiger partial charge in [-0.1, -0.05) is 0 Å². The molecule has 2 rings (SSSR count). The quantitative estimate of drug-likeness (QED) is 0.596. The lowest BCUT2D eigenvalue weighted by molar-refractivity contribution is 0.217. The molecule has 1 saturated carbocycles. The Hall–Kier alpha value is -0.770. The topological polar surface area (TPSA) is 44.4 Å². The Morgan fingerprint density at radius 2 is 2.38 bits per heavy atom. The highest BCUT2D eigenvalue weighted by Crippen LogP contribution is 2.18. The van der Waals surface area contributed by atoms with Crippen LogP contribution in [0, 0.1) is 0 Å². The Morgan fingerprint density at radius 1 is 1.54 bits per heavy atom. The monoisotopic (exact) mass is 183 g/mol. The van der Waals surface area contributed by atoms with Crippen LogP contribution in [-0.4, -0.2) is 43.2 Å². The number of hydrogen-bond acceptors (Lipinski definition) is 2. The number of nitrogens with one attached hydrogen (secondary N) is 2. The van der Waals surface area contributed by atoms with E-state index in [9.17, 15) is 4.79 Å². The number of nitrogens with zero attached hydrogens (tertiary/aromatic N) is 1. The molecule has 2 N–H and O–H groups in total. The number of amides is 2. The van der Waals surface area contributed by atoms with E-state index in [4.69, 9.17) is 0 Å². The molecule has 1 aliphatic heterocycles. The van der Waals surface area contributed by atoms with Gasteiger partial charge >= 0.3 is 6.03 Å². The molecular weight excluding hydrogens is 166 g/mol. The first-order chi connectivity index (χ1) is 6.36. The lowest BCUT2D eigenvalue weighted by Crippen LogP contribution is -2.31. The molecule has 0 bridgehead atoms. The van der Waals surface area contributed by atoms with Crippen LogP contribution in [-0.2, 0) is 0 Å². The van der Waals surface area contributed by atoms with Crippen LogP contribution >= 0.6 is 0 Å². The molecule has 1 heterocycles. The van der Waals surface area contributed by atoms with E-state index in [0.29, 0.717) is 0 Å². The highest BCUT2D eigenvalue weighted by molar-refractivity contribution is 5.76. The summed E-state index contributed by atoms with van der Waals surface area (Å²) in [4.78, 5) is 13.0. The maximum absolute atomic E-state index is 11.1. The smallest absolute Gasteiger partial charge is 0.317 e. The molecule has 0 spiro atoms. The van der Waals surface area contributed by atoms with Crippen LogP contribution in [0.3, 0.4) is 0 Å². The molecule has 0 radical (unpaired) electrons. The summed E-state index contributed by atoms with van der Waals surface area (Å²) in [5, 5.41) is 6.24. The Bertz CT molecular complexity index is 191. The summed E-state index contributed by atoms with van der Waals surface area (Å²) in [6, 6.07) is 0.888. The fourth-order valence-corrected chi connectivity index (χ4v) is 1.59. The van der Waals surface area contributed by atoms with E-state index in [1.54, 1.807) is 0 Å². The van der Waals surface area contributed by atoms with Gasteiger partial charge in [-0.2, -0.15) is 0 Å². The summed E-state index contributed by atoms with van der Waals surface area (Å²) in [5.41, 5.74) is 0. The van der Waals surface area contributed by atoms with Crippen molar-refractivity contribution < 1.29 is 4.79 Å². The van der Waals surface area contributed by atoms with Gasteiger partial charge in [0.1, 0.15) is 0 Å². The normalized spacial score (nSPS) is 22.2. The maximum Gasteiger partial charge on any atom is 0.317 e. The van der Waals surface area contributed by atoms with Crippen molar-refractivity contribution in [2.75, 3.05) is 26.2 Å². The number of carbonyl (C=O) groups is 1. The minimum Gasteiger partial charge on any atom is -0.336 e. The fourth-order valence-electron chi connectivity index (χ4n) is 1.59. The number of urea groups is 1. The van der Waals surface area contributed by atoms with Crippen molar-refractivity contribution in [2.24, 2.45) is 0 Å². The van der Waals surface area contributed by atoms with E-state index in [1.165, 1.54) is 12.8 Å². The van der Waals surface area contributed by atoms with Gasteiger partial charge in [0.2, 0.25) is 0 Å². The molecule has 2 fully saturated rings. The van der Waals surface area contributed by atoms with E-state index in [1.807, 2.05) is 4.90 Å². The second-order valence-electron chi connectivity index (χ2n) is 3.80. The van der Waals surface area contributed by atoms with Crippen LogP contribution in [0.15, 0.2) is 0 Å². The average molecular weight is 183 g/mol. The van der Waals surface area contributed by atoms with E-state index in [2.05, 4.69) is 10.6 Å². The van der Waals surface area contributed by atoms with Crippen LogP contribution in [0.25, 0.3) is 0 Å². The zero-order valence-electron chi connectivity index (χ0n) is 7.88. The first-order valence-electron chi connectivity index (χ1n) is 5.12. The number of hydrogen-bond donors (Lipinski definition) is 2. The Morgan fingerprint density at radius 3 is 3.00 bits per heavy atom. The third kappa shape index (κ3) is 2.59. The fraction of sp³-hybridized carbons (Fsp3) is 0.889. The molecule has 2 amide bonds. The summed E-state index contributed by atoms with van der Waals surface area (Å²) in [6.07, 6.45) is 3.75. The zero-order valence-corrected chi connectivity index (χ0v) is 7.88. The highest BCUT2D eigenvalue weighted by Gasteiger charge is 2.21. The Kier molecular flexibility index (Phi) is 2.68. The molecule has 4 nitrogen and oxygen atoms in total. The van der Waals surface area contributed by atoms with E-state index >= 15 is 0 Å². The molecule has 0 atom stereocenters. The molecule has 0 unspecified atom stereocenters. The van der Waals surface area contributed by atoms with Gasteiger partial charge in [-0.05, 0) is 25.8 Å². The second-order valence-corrected chi connectivity index (χ2v) is 3.80. The molecule has 4 heteroatoms. The standard InChI is InChI=1S/C9H17N3O/c13-9-11-5-7-12(9)6-1-4-10-8-2-3-8/h8,10H,1-7H2,(H,11,13). The SMILES string of the molecule is O=C1NCCN1CCCNC1CC1. The summed E-state index contributed by atoms with van der Waals surface area (Å²) < 4.78 is 0. The largest absolute Gasteiger partial charge is 0.336 e. The molecular formula is C9H17N3O. The van der Waals surface area contributed by atoms with E-state index < -0.39 is 0 Å². The molecule has 13 heavy (non-hydrogen) atoms. The maximum atomic E-state index is 11.1. The van der Waals surface area contributed by atoms with Crippen LogP contribution in [0.1, 0.15) is 19.3 Å². The third-order valence-corrected chi connectivity index (χ3v) is 2.56. The second kappa shape index (κ2) is 3.96. The Labute approximate surface area is 78.7 Å². The first kappa shape index (κ1) is 8.81. The van der Waals surface area contributed by atoms with E-state index in [0.717, 1.165) is 38.6 Å². The Balaban J connectivity index is 1.53. The minimum atomic E-state index is 0.103. The third-order valence-electron chi connectivity index (χ3n) is 2.56. The molecule has 74 valence electrons. The van der Waals surface area contributed by atoms with Gasteiger partial charge in [-0.3, -0.25) is 0 Å². The van der Waals surface area contributed by atoms with Crippen molar-refractivity contribution in [2.45, 2.75) is 25.3 Å². The van der Waals surface area contributed by atoms with Crippen LogP contribution in [0.4, 0.5) is 4.79 Å². The van der Waals surface area contributed by atoms with Crippen LogP contribution in [0.5, 0.6) is 0 Å². The van der Waals surface area contributed by atoms with Crippen molar-refractivity contribution >= 4 is 6.03 Å². The molecule has 0 aromatic heterocycles. The molecule has 1 saturated heterocycles. The minimum absolute atomic E-state index is 0.103. The van der Waals surface area contributed by atoms with E-state index in [-0.39, 0.29) is 6.03 Å². The first-order valence-corrected chi connectivity index (χ1v) is 5.12. The van der Waals surface area contributed by atoms with Crippen LogP contribution < -0.4 is 10.6 Å². The van der Waals surface area contributed by atoms with Crippen molar-refractivity contribution in [1.29, 1.82) is 0 Å². The molecule has 0 aromatic rings. The summed E-state index contributed by atoms with van der Waals surface area (Å²) in [7, 11) is 0. The van der Waals surface area contributed by atoms with Crippen molar-refractivity contribution in [3.05, 3.63) is 0 Å². The van der Waals surface area contributed by atoms with Gasteiger partial charge in [0.15, 0.2) is 0 Å². The average Bonchev–Trinajstić information content (AvgIpc) is 2.86. The van der Waals surface area contributed by atoms with Gasteiger partial charge in [-0.15, -0.1) is 0 Å². The van der Waals surface area contributed by atoms with Gasteiger partial charge < -0.3 is 15.5 Å². The summed E-state index contributed by atoms with van der Waals surface area (Å²) in [5.74, 6) is 0. The molecule has 0 aromatic carbocycles. The van der Waals surface area contributed by atoms with Crippen molar-refractivity contribution in [3.8, 4) is 0 Å². The summed E-state index contributed by atoms with van der Waals surface area (Å²) >= 11 is 0. The number of rotatable bonds is 5. The summed E-state index contributed by atoms with van der Waals surface area (Å²) in [6.45, 7) is 3.64.